The van der Waals surface area contributed by atoms with Gasteiger partial charge in [-0.2, -0.15) is 0 Å². The van der Waals surface area contributed by atoms with Gasteiger partial charge in [0, 0.05) is 36.2 Å². The molecule has 0 bridgehead atoms. The van der Waals surface area contributed by atoms with Gasteiger partial charge in [0.1, 0.15) is 0 Å². The predicted molar refractivity (Wildman–Crippen MR) is 112 cm³/mol. The van der Waals surface area contributed by atoms with Crippen LogP contribution >= 0.6 is 11.6 Å². The van der Waals surface area contributed by atoms with E-state index in [1.165, 1.54) is 0 Å². The van der Waals surface area contributed by atoms with Gasteiger partial charge in [0.25, 0.3) is 5.91 Å². The van der Waals surface area contributed by atoms with Crippen LogP contribution in [-0.4, -0.2) is 44.4 Å². The molecule has 0 atom stereocenters. The summed E-state index contributed by atoms with van der Waals surface area (Å²) in [6.07, 6.45) is 0.739. The van der Waals surface area contributed by atoms with E-state index in [-0.39, 0.29) is 5.91 Å². The number of nitrogens with one attached hydrogen (secondary N) is 1. The molecular weight excluding hydrogens is 376 g/mol. The number of fused-ring (bicyclic) bond motifs is 1. The summed E-state index contributed by atoms with van der Waals surface area (Å²) >= 11 is 5.99. The standard InChI is InChI=1S/C22H23ClN2O3/c1-27-13-14-28-12-4-11-24-22(26)19-15-21(16-7-9-17(23)10-8-16)25-20-6-3-2-5-18(19)20/h2-3,5-10,15H,4,11-14H2,1H3,(H,24,26). The maximum absolute atomic E-state index is 12.8. The molecule has 0 saturated heterocycles. The number of carbonyl (C=O) groups excluding carboxylic acids is 1. The van der Waals surface area contributed by atoms with E-state index in [0.29, 0.717) is 37.0 Å². The lowest BCUT2D eigenvalue weighted by Crippen LogP contribution is -2.25. The third kappa shape index (κ3) is 5.29. The molecule has 28 heavy (non-hydrogen) atoms. The highest BCUT2D eigenvalue weighted by Crippen LogP contribution is 2.25. The Morgan fingerprint density at radius 2 is 1.86 bits per heavy atom. The number of halogens is 1. The van der Waals surface area contributed by atoms with E-state index in [0.717, 1.165) is 28.6 Å². The Labute approximate surface area is 169 Å². The number of benzene rings is 2. The maximum Gasteiger partial charge on any atom is 0.252 e. The molecule has 6 heteroatoms. The first-order chi connectivity index (χ1) is 13.7. The zero-order valence-corrected chi connectivity index (χ0v) is 16.5. The molecule has 146 valence electrons. The van der Waals surface area contributed by atoms with Crippen LogP contribution in [0.15, 0.2) is 54.6 Å². The van der Waals surface area contributed by atoms with Crippen molar-refractivity contribution >= 4 is 28.4 Å². The van der Waals surface area contributed by atoms with E-state index in [2.05, 4.69) is 5.32 Å². The average Bonchev–Trinajstić information content (AvgIpc) is 2.72. The van der Waals surface area contributed by atoms with Crippen LogP contribution in [0.1, 0.15) is 16.8 Å². The number of pyridine rings is 1. The summed E-state index contributed by atoms with van der Waals surface area (Å²) < 4.78 is 10.4. The highest BCUT2D eigenvalue weighted by Gasteiger charge is 2.13. The number of rotatable bonds is 9. The van der Waals surface area contributed by atoms with Crippen LogP contribution in [0.25, 0.3) is 22.2 Å². The Bertz CT molecular complexity index is 929. The van der Waals surface area contributed by atoms with E-state index >= 15 is 0 Å². The Hall–Kier alpha value is -2.47. The number of aromatic nitrogens is 1. The van der Waals surface area contributed by atoms with Crippen molar-refractivity contribution in [1.29, 1.82) is 0 Å². The Morgan fingerprint density at radius 3 is 2.64 bits per heavy atom. The van der Waals surface area contributed by atoms with Gasteiger partial charge in [-0.1, -0.05) is 41.9 Å². The summed E-state index contributed by atoms with van der Waals surface area (Å²) in [4.78, 5) is 17.5. The van der Waals surface area contributed by atoms with Crippen LogP contribution in [0.4, 0.5) is 0 Å². The number of ether oxygens (including phenoxy) is 2. The molecular formula is C22H23ClN2O3. The summed E-state index contributed by atoms with van der Waals surface area (Å²) in [7, 11) is 1.64. The lowest BCUT2D eigenvalue weighted by Gasteiger charge is -2.11. The van der Waals surface area contributed by atoms with Crippen LogP contribution in [0.5, 0.6) is 0 Å². The lowest BCUT2D eigenvalue weighted by molar-refractivity contribution is 0.0688. The van der Waals surface area contributed by atoms with Gasteiger partial charge in [0.15, 0.2) is 0 Å². The molecule has 0 spiro atoms. The molecule has 1 amide bonds. The van der Waals surface area contributed by atoms with Crippen LogP contribution in [-0.2, 0) is 9.47 Å². The normalized spacial score (nSPS) is 10.9. The summed E-state index contributed by atoms with van der Waals surface area (Å²) in [5.41, 5.74) is 3.04. The number of carbonyl (C=O) groups is 1. The second-order valence-electron chi connectivity index (χ2n) is 6.29. The first kappa shape index (κ1) is 20.3. The first-order valence-corrected chi connectivity index (χ1v) is 9.57. The van der Waals surface area contributed by atoms with Crippen molar-refractivity contribution < 1.29 is 14.3 Å². The molecule has 0 saturated carbocycles. The van der Waals surface area contributed by atoms with Crippen molar-refractivity contribution in [3.05, 3.63) is 65.2 Å². The molecule has 0 radical (unpaired) electrons. The molecule has 0 fully saturated rings. The topological polar surface area (TPSA) is 60.5 Å². The summed E-state index contributed by atoms with van der Waals surface area (Å²) in [5.74, 6) is -0.120. The fourth-order valence-corrected chi connectivity index (χ4v) is 2.97. The molecule has 1 heterocycles. The SMILES string of the molecule is COCCOCCCNC(=O)c1cc(-c2ccc(Cl)cc2)nc2ccccc12. The second kappa shape index (κ2) is 10.2. The highest BCUT2D eigenvalue weighted by molar-refractivity contribution is 6.30. The van der Waals surface area contributed by atoms with Gasteiger partial charge >= 0.3 is 0 Å². The van der Waals surface area contributed by atoms with Gasteiger partial charge in [-0.3, -0.25) is 4.79 Å². The van der Waals surface area contributed by atoms with Crippen molar-refractivity contribution in [2.45, 2.75) is 6.42 Å². The monoisotopic (exact) mass is 398 g/mol. The lowest BCUT2D eigenvalue weighted by atomic mass is 10.0. The van der Waals surface area contributed by atoms with Crippen molar-refractivity contribution in [2.75, 3.05) is 33.5 Å². The number of hydrogen-bond acceptors (Lipinski definition) is 4. The maximum atomic E-state index is 12.8. The number of hydrogen-bond donors (Lipinski definition) is 1. The van der Waals surface area contributed by atoms with Crippen molar-refractivity contribution in [1.82, 2.24) is 10.3 Å². The van der Waals surface area contributed by atoms with Crippen molar-refractivity contribution in [3.63, 3.8) is 0 Å². The molecule has 0 aliphatic carbocycles. The van der Waals surface area contributed by atoms with Crippen LogP contribution in [0.2, 0.25) is 5.02 Å². The zero-order valence-electron chi connectivity index (χ0n) is 15.8. The number of methoxy groups -OCH3 is 1. The minimum atomic E-state index is -0.120. The third-order valence-electron chi connectivity index (χ3n) is 4.28. The third-order valence-corrected chi connectivity index (χ3v) is 4.54. The Balaban J connectivity index is 1.75. The first-order valence-electron chi connectivity index (χ1n) is 9.19. The van der Waals surface area contributed by atoms with Crippen LogP contribution in [0, 0.1) is 0 Å². The summed E-state index contributed by atoms with van der Waals surface area (Å²) in [6.45, 7) is 2.25. The molecule has 3 rings (SSSR count). The smallest absolute Gasteiger partial charge is 0.252 e. The zero-order chi connectivity index (χ0) is 19.8. The van der Waals surface area contributed by atoms with Crippen molar-refractivity contribution in [2.24, 2.45) is 0 Å². The average molecular weight is 399 g/mol. The van der Waals surface area contributed by atoms with Gasteiger partial charge < -0.3 is 14.8 Å². The molecule has 2 aromatic carbocycles. The van der Waals surface area contributed by atoms with E-state index in [9.17, 15) is 4.79 Å². The van der Waals surface area contributed by atoms with E-state index in [1.54, 1.807) is 7.11 Å². The number of para-hydroxylation sites is 1. The van der Waals surface area contributed by atoms with E-state index in [4.69, 9.17) is 26.1 Å². The quantitative estimate of drug-likeness (QED) is 0.545. The van der Waals surface area contributed by atoms with Gasteiger partial charge in [-0.25, -0.2) is 4.98 Å². The van der Waals surface area contributed by atoms with E-state index in [1.807, 2.05) is 54.6 Å². The fraction of sp³-hybridized carbons (Fsp3) is 0.273. The molecule has 0 aliphatic heterocycles. The van der Waals surface area contributed by atoms with Gasteiger partial charge in [-0.05, 0) is 30.7 Å². The highest BCUT2D eigenvalue weighted by atomic mass is 35.5. The molecule has 3 aromatic rings. The fourth-order valence-electron chi connectivity index (χ4n) is 2.85. The van der Waals surface area contributed by atoms with E-state index < -0.39 is 0 Å². The second-order valence-corrected chi connectivity index (χ2v) is 6.73. The molecule has 1 N–H and O–H groups in total. The Morgan fingerprint density at radius 1 is 1.07 bits per heavy atom. The minimum absolute atomic E-state index is 0.120. The number of amides is 1. The molecule has 0 aliphatic rings. The van der Waals surface area contributed by atoms with Crippen LogP contribution in [0.3, 0.4) is 0 Å². The summed E-state index contributed by atoms with van der Waals surface area (Å²) in [6, 6.07) is 16.9. The molecule has 1 aromatic heterocycles. The van der Waals surface area contributed by atoms with Crippen molar-refractivity contribution in [3.8, 4) is 11.3 Å². The summed E-state index contributed by atoms with van der Waals surface area (Å²) in [5, 5.41) is 4.46. The van der Waals surface area contributed by atoms with Gasteiger partial charge in [-0.15, -0.1) is 0 Å². The molecule has 0 unspecified atom stereocenters. The predicted octanol–water partition coefficient (Wildman–Crippen LogP) is 4.34. The molecule has 5 nitrogen and oxygen atoms in total. The van der Waals surface area contributed by atoms with Gasteiger partial charge in [0.2, 0.25) is 0 Å². The number of nitrogens with zero attached hydrogens (tertiary/aromatic N) is 1. The minimum Gasteiger partial charge on any atom is -0.382 e. The van der Waals surface area contributed by atoms with Gasteiger partial charge in [0.05, 0.1) is 30.0 Å². The largest absolute Gasteiger partial charge is 0.382 e. The van der Waals surface area contributed by atoms with Crippen LogP contribution < -0.4 is 5.32 Å². The Kier molecular flexibility index (Phi) is 7.37.